The quantitative estimate of drug-likeness (QED) is 0.159. The van der Waals surface area contributed by atoms with Gasteiger partial charge in [-0.2, -0.15) is 5.10 Å². The van der Waals surface area contributed by atoms with Gasteiger partial charge in [0, 0.05) is 16.1 Å². The molecule has 0 aliphatic carbocycles. The van der Waals surface area contributed by atoms with Gasteiger partial charge in [-0.25, -0.2) is 10.2 Å². The fourth-order valence-corrected chi connectivity index (χ4v) is 2.98. The number of rotatable bonds is 8. The van der Waals surface area contributed by atoms with Crippen LogP contribution in [0.15, 0.2) is 74.9 Å². The number of furan rings is 1. The van der Waals surface area contributed by atoms with Crippen LogP contribution in [0, 0.1) is 13.8 Å². The molecule has 0 unspecified atom stereocenters. The van der Waals surface area contributed by atoms with Crippen LogP contribution in [-0.4, -0.2) is 24.7 Å². The van der Waals surface area contributed by atoms with E-state index < -0.39 is 11.9 Å². The van der Waals surface area contributed by atoms with Crippen molar-refractivity contribution in [3.05, 3.63) is 87.8 Å². The van der Waals surface area contributed by atoms with Crippen LogP contribution in [0.5, 0.6) is 11.5 Å². The molecular formula is C24H21BrN2O5. The molecule has 1 amide bonds. The fraction of sp³-hybridized carbons (Fsp3) is 0.125. The van der Waals surface area contributed by atoms with Crippen LogP contribution in [0.4, 0.5) is 0 Å². The fourth-order valence-electron chi connectivity index (χ4n) is 2.60. The Morgan fingerprint density at radius 2 is 1.97 bits per heavy atom. The first-order valence-corrected chi connectivity index (χ1v) is 10.4. The van der Waals surface area contributed by atoms with Gasteiger partial charge in [-0.05, 0) is 67.4 Å². The first-order valence-electron chi connectivity index (χ1n) is 9.65. The standard InChI is InChI=1S/C24H21BrN2O5/c1-16-5-6-17(2)22(12-16)31-15-23(28)27-26-14-18-13-19(25)7-9-21(18)32-24(29)10-8-20-4-3-11-30-20/h3-14H,15H2,1-2H3,(H,27,28)/b10-8+,26-14-. The minimum Gasteiger partial charge on any atom is -0.483 e. The van der Waals surface area contributed by atoms with Gasteiger partial charge in [0.05, 0.1) is 12.5 Å². The molecule has 1 N–H and O–H groups in total. The molecule has 0 aliphatic rings. The molecule has 3 rings (SSSR count). The second-order valence-corrected chi connectivity index (χ2v) is 7.72. The van der Waals surface area contributed by atoms with Gasteiger partial charge in [0.15, 0.2) is 6.61 Å². The number of carbonyl (C=O) groups excluding carboxylic acids is 2. The number of benzene rings is 2. The van der Waals surface area contributed by atoms with E-state index in [4.69, 9.17) is 13.9 Å². The van der Waals surface area contributed by atoms with Gasteiger partial charge in [0.25, 0.3) is 5.91 Å². The Bertz CT molecular complexity index is 1150. The molecule has 0 fully saturated rings. The minimum atomic E-state index is -0.579. The minimum absolute atomic E-state index is 0.181. The summed E-state index contributed by atoms with van der Waals surface area (Å²) in [6.07, 6.45) is 5.66. The van der Waals surface area contributed by atoms with Crippen molar-refractivity contribution in [1.29, 1.82) is 0 Å². The number of ether oxygens (including phenoxy) is 2. The molecule has 0 aliphatic heterocycles. The van der Waals surface area contributed by atoms with Crippen molar-refractivity contribution in [2.75, 3.05) is 6.61 Å². The zero-order valence-corrected chi connectivity index (χ0v) is 19.1. The Labute approximate surface area is 193 Å². The Morgan fingerprint density at radius 1 is 1.12 bits per heavy atom. The molecule has 0 bridgehead atoms. The summed E-state index contributed by atoms with van der Waals surface area (Å²) >= 11 is 3.37. The maximum Gasteiger partial charge on any atom is 0.336 e. The van der Waals surface area contributed by atoms with E-state index in [0.29, 0.717) is 17.1 Å². The van der Waals surface area contributed by atoms with E-state index in [1.165, 1.54) is 24.6 Å². The maximum atomic E-state index is 12.1. The highest BCUT2D eigenvalue weighted by Crippen LogP contribution is 2.22. The largest absolute Gasteiger partial charge is 0.483 e. The van der Waals surface area contributed by atoms with Crippen LogP contribution in [0.3, 0.4) is 0 Å². The van der Waals surface area contributed by atoms with E-state index in [0.717, 1.165) is 15.6 Å². The van der Waals surface area contributed by atoms with E-state index in [1.807, 2.05) is 32.0 Å². The number of nitrogens with one attached hydrogen (secondary N) is 1. The lowest BCUT2D eigenvalue weighted by atomic mass is 10.1. The zero-order chi connectivity index (χ0) is 22.9. The van der Waals surface area contributed by atoms with Crippen molar-refractivity contribution in [3.8, 4) is 11.5 Å². The van der Waals surface area contributed by atoms with Crippen molar-refractivity contribution in [3.63, 3.8) is 0 Å². The third-order valence-corrected chi connectivity index (χ3v) is 4.70. The molecule has 0 saturated carbocycles. The number of halogens is 1. The summed E-state index contributed by atoms with van der Waals surface area (Å²) in [6, 6.07) is 14.3. The van der Waals surface area contributed by atoms with E-state index in [1.54, 1.807) is 30.3 Å². The lowest BCUT2D eigenvalue weighted by Gasteiger charge is -2.09. The molecule has 7 nitrogen and oxygen atoms in total. The highest BCUT2D eigenvalue weighted by atomic mass is 79.9. The average molecular weight is 497 g/mol. The molecule has 0 spiro atoms. The lowest BCUT2D eigenvalue weighted by molar-refractivity contribution is -0.129. The van der Waals surface area contributed by atoms with E-state index >= 15 is 0 Å². The smallest absolute Gasteiger partial charge is 0.336 e. The average Bonchev–Trinajstić information content (AvgIpc) is 3.28. The topological polar surface area (TPSA) is 90.1 Å². The number of hydrogen-bond donors (Lipinski definition) is 1. The summed E-state index contributed by atoms with van der Waals surface area (Å²) in [5.41, 5.74) is 4.88. The van der Waals surface area contributed by atoms with Crippen LogP contribution < -0.4 is 14.9 Å². The first-order chi connectivity index (χ1) is 15.4. The SMILES string of the molecule is Cc1ccc(C)c(OCC(=O)N/N=C\c2cc(Br)ccc2OC(=O)/C=C/c2ccco2)c1. The number of hydrazone groups is 1. The number of carbonyl (C=O) groups is 2. The van der Waals surface area contributed by atoms with Crippen molar-refractivity contribution in [1.82, 2.24) is 5.43 Å². The molecule has 32 heavy (non-hydrogen) atoms. The number of esters is 1. The molecule has 1 heterocycles. The molecular weight excluding hydrogens is 476 g/mol. The van der Waals surface area contributed by atoms with E-state index in [9.17, 15) is 9.59 Å². The molecule has 0 atom stereocenters. The second-order valence-electron chi connectivity index (χ2n) is 6.80. The van der Waals surface area contributed by atoms with Crippen LogP contribution in [0.25, 0.3) is 6.08 Å². The van der Waals surface area contributed by atoms with Crippen molar-refractivity contribution in [2.24, 2.45) is 5.10 Å². The monoisotopic (exact) mass is 496 g/mol. The highest BCUT2D eigenvalue weighted by molar-refractivity contribution is 9.10. The summed E-state index contributed by atoms with van der Waals surface area (Å²) in [7, 11) is 0. The predicted octanol–water partition coefficient (Wildman–Crippen LogP) is 4.81. The summed E-state index contributed by atoms with van der Waals surface area (Å²) in [5.74, 6) is 0.464. The van der Waals surface area contributed by atoms with Gasteiger partial charge in [0.2, 0.25) is 0 Å². The van der Waals surface area contributed by atoms with Gasteiger partial charge < -0.3 is 13.9 Å². The highest BCUT2D eigenvalue weighted by Gasteiger charge is 2.08. The second kappa shape index (κ2) is 11.1. The van der Waals surface area contributed by atoms with Crippen molar-refractivity contribution >= 4 is 40.1 Å². The Balaban J connectivity index is 1.58. The lowest BCUT2D eigenvalue weighted by Crippen LogP contribution is -2.24. The van der Waals surface area contributed by atoms with Gasteiger partial charge in [0.1, 0.15) is 17.3 Å². The predicted molar refractivity (Wildman–Crippen MR) is 125 cm³/mol. The summed E-state index contributed by atoms with van der Waals surface area (Å²) in [6.45, 7) is 3.68. The van der Waals surface area contributed by atoms with Crippen molar-refractivity contribution in [2.45, 2.75) is 13.8 Å². The number of aryl methyl sites for hydroxylation is 2. The van der Waals surface area contributed by atoms with Gasteiger partial charge in [-0.1, -0.05) is 28.1 Å². The molecule has 0 saturated heterocycles. The van der Waals surface area contributed by atoms with E-state index in [-0.39, 0.29) is 12.4 Å². The number of amides is 1. The molecule has 0 radical (unpaired) electrons. The van der Waals surface area contributed by atoms with Crippen LogP contribution in [-0.2, 0) is 9.59 Å². The van der Waals surface area contributed by atoms with Crippen molar-refractivity contribution < 1.29 is 23.5 Å². The molecule has 8 heteroatoms. The summed E-state index contributed by atoms with van der Waals surface area (Å²) < 4.78 is 16.8. The van der Waals surface area contributed by atoms with Gasteiger partial charge in [-0.15, -0.1) is 0 Å². The molecule has 2 aromatic carbocycles. The van der Waals surface area contributed by atoms with Crippen LogP contribution in [0.2, 0.25) is 0 Å². The third kappa shape index (κ3) is 6.95. The normalized spacial score (nSPS) is 11.1. The Kier molecular flexibility index (Phi) is 7.99. The third-order valence-electron chi connectivity index (χ3n) is 4.20. The van der Waals surface area contributed by atoms with Gasteiger partial charge in [-0.3, -0.25) is 4.79 Å². The first kappa shape index (κ1) is 23.0. The number of hydrogen-bond acceptors (Lipinski definition) is 6. The number of nitrogens with zero attached hydrogens (tertiary/aromatic N) is 1. The zero-order valence-electron chi connectivity index (χ0n) is 17.5. The van der Waals surface area contributed by atoms with E-state index in [2.05, 4.69) is 26.5 Å². The van der Waals surface area contributed by atoms with Crippen LogP contribution >= 0.6 is 15.9 Å². The molecule has 3 aromatic rings. The van der Waals surface area contributed by atoms with Crippen LogP contribution in [0.1, 0.15) is 22.5 Å². The molecule has 1 aromatic heterocycles. The molecule has 164 valence electrons. The Morgan fingerprint density at radius 3 is 2.75 bits per heavy atom. The maximum absolute atomic E-state index is 12.1. The van der Waals surface area contributed by atoms with Gasteiger partial charge >= 0.3 is 5.97 Å². The summed E-state index contributed by atoms with van der Waals surface area (Å²) in [4.78, 5) is 24.2. The Hall–Kier alpha value is -3.65. The summed E-state index contributed by atoms with van der Waals surface area (Å²) in [5, 5.41) is 3.94.